The first kappa shape index (κ1) is 12.2. The molecule has 1 atom stereocenters. The van der Waals surface area contributed by atoms with Crippen molar-refractivity contribution in [3.8, 4) is 0 Å². The number of hydrogen-bond acceptors (Lipinski definition) is 3. The van der Waals surface area contributed by atoms with Gasteiger partial charge in [0, 0.05) is 37.1 Å². The molecule has 1 saturated heterocycles. The molecule has 1 fully saturated rings. The van der Waals surface area contributed by atoms with Crippen LogP contribution in [0.2, 0.25) is 0 Å². The standard InChI is InChI=1S/C13H21N3O/c1-2-12-4-3-7-15(12)8-9-16-10-11(14)5-6-13(16)17/h5-6,10,12H,2-4,7-9,14H2,1H3. The van der Waals surface area contributed by atoms with Crippen molar-refractivity contribution in [1.82, 2.24) is 9.47 Å². The number of nitrogen functional groups attached to an aromatic ring is 1. The predicted octanol–water partition coefficient (Wildman–Crippen LogP) is 1.30. The lowest BCUT2D eigenvalue weighted by atomic mass is 10.2. The van der Waals surface area contributed by atoms with Gasteiger partial charge in [0.1, 0.15) is 0 Å². The third-order valence-electron chi connectivity index (χ3n) is 3.60. The first-order valence-corrected chi connectivity index (χ1v) is 6.40. The number of nitrogens with two attached hydrogens (primary N) is 1. The number of aromatic nitrogens is 1. The average Bonchev–Trinajstić information content (AvgIpc) is 2.77. The van der Waals surface area contributed by atoms with Gasteiger partial charge in [0.15, 0.2) is 0 Å². The summed E-state index contributed by atoms with van der Waals surface area (Å²) in [5.74, 6) is 0. The molecule has 2 rings (SSSR count). The van der Waals surface area contributed by atoms with E-state index in [2.05, 4.69) is 11.8 Å². The highest BCUT2D eigenvalue weighted by atomic mass is 16.1. The Bertz CT molecular complexity index is 427. The van der Waals surface area contributed by atoms with E-state index in [1.165, 1.54) is 25.3 Å². The second-order valence-corrected chi connectivity index (χ2v) is 4.73. The number of pyridine rings is 1. The minimum absolute atomic E-state index is 0.0337. The highest BCUT2D eigenvalue weighted by molar-refractivity contribution is 5.33. The summed E-state index contributed by atoms with van der Waals surface area (Å²) in [5.41, 5.74) is 6.38. The normalized spacial score (nSPS) is 20.9. The molecular weight excluding hydrogens is 214 g/mol. The SMILES string of the molecule is CCC1CCCN1CCn1cc(N)ccc1=O. The Balaban J connectivity index is 1.97. The van der Waals surface area contributed by atoms with Crippen molar-refractivity contribution in [2.24, 2.45) is 0 Å². The molecule has 1 aliphatic heterocycles. The summed E-state index contributed by atoms with van der Waals surface area (Å²) in [7, 11) is 0. The summed E-state index contributed by atoms with van der Waals surface area (Å²) in [6.07, 6.45) is 5.51. The molecule has 1 aliphatic rings. The molecule has 94 valence electrons. The summed E-state index contributed by atoms with van der Waals surface area (Å²) >= 11 is 0. The summed E-state index contributed by atoms with van der Waals surface area (Å²) in [6, 6.07) is 3.90. The topological polar surface area (TPSA) is 51.3 Å². The molecule has 0 radical (unpaired) electrons. The van der Waals surface area contributed by atoms with Gasteiger partial charge in [-0.1, -0.05) is 6.92 Å². The fraction of sp³-hybridized carbons (Fsp3) is 0.615. The molecule has 0 aliphatic carbocycles. The zero-order valence-corrected chi connectivity index (χ0v) is 10.4. The Hall–Kier alpha value is -1.29. The smallest absolute Gasteiger partial charge is 0.250 e. The van der Waals surface area contributed by atoms with Crippen molar-refractivity contribution in [3.05, 3.63) is 28.7 Å². The van der Waals surface area contributed by atoms with E-state index in [-0.39, 0.29) is 5.56 Å². The van der Waals surface area contributed by atoms with Crippen LogP contribution in [0.5, 0.6) is 0 Å². The molecule has 2 heterocycles. The molecule has 0 saturated carbocycles. The van der Waals surface area contributed by atoms with Crippen molar-refractivity contribution in [1.29, 1.82) is 0 Å². The lowest BCUT2D eigenvalue weighted by molar-refractivity contribution is 0.238. The Labute approximate surface area is 102 Å². The molecular formula is C13H21N3O. The Kier molecular flexibility index (Phi) is 3.84. The lowest BCUT2D eigenvalue weighted by Crippen LogP contribution is -2.34. The number of rotatable bonds is 4. The van der Waals surface area contributed by atoms with E-state index >= 15 is 0 Å². The second kappa shape index (κ2) is 5.36. The molecule has 1 unspecified atom stereocenters. The van der Waals surface area contributed by atoms with Gasteiger partial charge in [-0.3, -0.25) is 9.69 Å². The largest absolute Gasteiger partial charge is 0.398 e. The zero-order valence-electron chi connectivity index (χ0n) is 10.4. The van der Waals surface area contributed by atoms with Crippen molar-refractivity contribution in [2.45, 2.75) is 38.8 Å². The Morgan fingerprint density at radius 3 is 3.00 bits per heavy atom. The van der Waals surface area contributed by atoms with Gasteiger partial charge in [-0.05, 0) is 31.9 Å². The zero-order chi connectivity index (χ0) is 12.3. The van der Waals surface area contributed by atoms with Gasteiger partial charge < -0.3 is 10.3 Å². The van der Waals surface area contributed by atoms with Crippen LogP contribution in [0.1, 0.15) is 26.2 Å². The molecule has 2 N–H and O–H groups in total. The van der Waals surface area contributed by atoms with Crippen molar-refractivity contribution < 1.29 is 0 Å². The van der Waals surface area contributed by atoms with E-state index in [9.17, 15) is 4.79 Å². The highest BCUT2D eigenvalue weighted by Gasteiger charge is 2.21. The van der Waals surface area contributed by atoms with Crippen LogP contribution in [0, 0.1) is 0 Å². The van der Waals surface area contributed by atoms with Crippen molar-refractivity contribution >= 4 is 5.69 Å². The number of likely N-dealkylation sites (tertiary alicyclic amines) is 1. The van der Waals surface area contributed by atoms with Crippen LogP contribution in [-0.4, -0.2) is 28.6 Å². The summed E-state index contributed by atoms with van der Waals surface area (Å²) in [4.78, 5) is 14.1. The van der Waals surface area contributed by atoms with Gasteiger partial charge in [-0.25, -0.2) is 0 Å². The van der Waals surface area contributed by atoms with Gasteiger partial charge in [0.05, 0.1) is 0 Å². The van der Waals surface area contributed by atoms with Gasteiger partial charge in [0.2, 0.25) is 0 Å². The monoisotopic (exact) mass is 235 g/mol. The maximum Gasteiger partial charge on any atom is 0.250 e. The summed E-state index contributed by atoms with van der Waals surface area (Å²) < 4.78 is 1.71. The van der Waals surface area contributed by atoms with E-state index in [1.54, 1.807) is 16.8 Å². The molecule has 17 heavy (non-hydrogen) atoms. The third-order valence-corrected chi connectivity index (χ3v) is 3.60. The Morgan fingerprint density at radius 1 is 1.41 bits per heavy atom. The van der Waals surface area contributed by atoms with Gasteiger partial charge >= 0.3 is 0 Å². The van der Waals surface area contributed by atoms with Crippen molar-refractivity contribution in [3.63, 3.8) is 0 Å². The van der Waals surface area contributed by atoms with Crippen LogP contribution in [-0.2, 0) is 6.54 Å². The molecule has 0 spiro atoms. The molecule has 0 amide bonds. The summed E-state index contributed by atoms with van der Waals surface area (Å²) in [6.45, 7) is 5.08. The Morgan fingerprint density at radius 2 is 2.24 bits per heavy atom. The molecule has 1 aromatic heterocycles. The van der Waals surface area contributed by atoms with Crippen LogP contribution in [0.4, 0.5) is 5.69 Å². The first-order chi connectivity index (χ1) is 8.20. The quantitative estimate of drug-likeness (QED) is 0.856. The number of anilines is 1. The van der Waals surface area contributed by atoms with E-state index in [1.807, 2.05) is 0 Å². The van der Waals surface area contributed by atoms with Crippen LogP contribution < -0.4 is 11.3 Å². The molecule has 0 aromatic carbocycles. The second-order valence-electron chi connectivity index (χ2n) is 4.73. The number of nitrogens with zero attached hydrogens (tertiary/aromatic N) is 2. The third kappa shape index (κ3) is 2.88. The molecule has 1 aromatic rings. The number of hydrogen-bond donors (Lipinski definition) is 1. The lowest BCUT2D eigenvalue weighted by Gasteiger charge is -2.23. The van der Waals surface area contributed by atoms with Crippen LogP contribution in [0.15, 0.2) is 23.1 Å². The fourth-order valence-corrected chi connectivity index (χ4v) is 2.61. The fourth-order valence-electron chi connectivity index (χ4n) is 2.61. The maximum atomic E-state index is 11.6. The maximum absolute atomic E-state index is 11.6. The summed E-state index contributed by atoms with van der Waals surface area (Å²) in [5, 5.41) is 0. The molecule has 4 nitrogen and oxygen atoms in total. The predicted molar refractivity (Wildman–Crippen MR) is 70.0 cm³/mol. The highest BCUT2D eigenvalue weighted by Crippen LogP contribution is 2.19. The van der Waals surface area contributed by atoms with Crippen molar-refractivity contribution in [2.75, 3.05) is 18.8 Å². The van der Waals surface area contributed by atoms with Gasteiger partial charge in [-0.2, -0.15) is 0 Å². The molecule has 0 bridgehead atoms. The van der Waals surface area contributed by atoms with E-state index in [0.717, 1.165) is 19.6 Å². The van der Waals surface area contributed by atoms with E-state index in [4.69, 9.17) is 5.73 Å². The van der Waals surface area contributed by atoms with Gasteiger partial charge in [-0.15, -0.1) is 0 Å². The minimum Gasteiger partial charge on any atom is -0.398 e. The van der Waals surface area contributed by atoms with Crippen LogP contribution in [0.25, 0.3) is 0 Å². The first-order valence-electron chi connectivity index (χ1n) is 6.40. The van der Waals surface area contributed by atoms with Crippen LogP contribution in [0.3, 0.4) is 0 Å². The van der Waals surface area contributed by atoms with Gasteiger partial charge in [0.25, 0.3) is 5.56 Å². The average molecular weight is 235 g/mol. The minimum atomic E-state index is 0.0337. The van der Waals surface area contributed by atoms with Crippen LogP contribution >= 0.6 is 0 Å². The molecule has 4 heteroatoms. The van der Waals surface area contributed by atoms with E-state index in [0.29, 0.717) is 11.7 Å². The van der Waals surface area contributed by atoms with E-state index < -0.39 is 0 Å².